The third kappa shape index (κ3) is 2.69. The van der Waals surface area contributed by atoms with Crippen LogP contribution >= 0.6 is 0 Å². The van der Waals surface area contributed by atoms with Gasteiger partial charge in [-0.2, -0.15) is 0 Å². The molecule has 0 aliphatic heterocycles. The van der Waals surface area contributed by atoms with Gasteiger partial charge in [0.05, 0.1) is 16.8 Å². The standard InChI is InChI=1S/C11H12N4O2S/c12-8-1-4-10(5-2-8)18(16,17)15-9-3-6-11(13)14-7-9/h1-7,15H,12H2,(H2,13,14). The van der Waals surface area contributed by atoms with Crippen LogP contribution in [0.3, 0.4) is 0 Å². The minimum Gasteiger partial charge on any atom is -0.399 e. The fraction of sp³-hybridized carbons (Fsp3) is 0. The average molecular weight is 264 g/mol. The van der Waals surface area contributed by atoms with E-state index in [1.165, 1.54) is 42.6 Å². The van der Waals surface area contributed by atoms with E-state index in [1.54, 1.807) is 0 Å². The molecule has 0 unspecified atom stereocenters. The number of hydrogen-bond donors (Lipinski definition) is 3. The number of sulfonamides is 1. The molecule has 0 radical (unpaired) electrons. The Morgan fingerprint density at radius 1 is 1.00 bits per heavy atom. The lowest BCUT2D eigenvalue weighted by atomic mass is 10.3. The summed E-state index contributed by atoms with van der Waals surface area (Å²) < 4.78 is 26.4. The van der Waals surface area contributed by atoms with Crippen LogP contribution in [-0.2, 0) is 10.0 Å². The molecule has 0 saturated heterocycles. The predicted octanol–water partition coefficient (Wildman–Crippen LogP) is 1.05. The van der Waals surface area contributed by atoms with Gasteiger partial charge in [0, 0.05) is 5.69 Å². The molecular formula is C11H12N4O2S. The number of nitrogen functional groups attached to an aromatic ring is 2. The molecule has 0 saturated carbocycles. The first-order valence-corrected chi connectivity index (χ1v) is 6.55. The van der Waals surface area contributed by atoms with Crippen molar-refractivity contribution in [2.75, 3.05) is 16.2 Å². The van der Waals surface area contributed by atoms with Gasteiger partial charge in [-0.05, 0) is 36.4 Å². The van der Waals surface area contributed by atoms with Crippen molar-refractivity contribution in [3.05, 3.63) is 42.6 Å². The molecule has 1 heterocycles. The Kier molecular flexibility index (Phi) is 3.07. The molecule has 0 atom stereocenters. The summed E-state index contributed by atoms with van der Waals surface area (Å²) in [6, 6.07) is 8.97. The normalized spacial score (nSPS) is 11.1. The van der Waals surface area contributed by atoms with Crippen LogP contribution in [0.5, 0.6) is 0 Å². The van der Waals surface area contributed by atoms with Gasteiger partial charge < -0.3 is 11.5 Å². The van der Waals surface area contributed by atoms with Gasteiger partial charge in [0.15, 0.2) is 0 Å². The highest BCUT2D eigenvalue weighted by Crippen LogP contribution is 2.16. The van der Waals surface area contributed by atoms with Gasteiger partial charge in [-0.1, -0.05) is 0 Å². The fourth-order valence-corrected chi connectivity index (χ4v) is 2.37. The third-order valence-electron chi connectivity index (χ3n) is 2.23. The molecule has 7 heteroatoms. The van der Waals surface area contributed by atoms with E-state index in [0.29, 0.717) is 17.2 Å². The molecule has 0 aliphatic carbocycles. The van der Waals surface area contributed by atoms with Crippen LogP contribution in [0.2, 0.25) is 0 Å². The molecule has 0 spiro atoms. The highest BCUT2D eigenvalue weighted by Gasteiger charge is 2.13. The Hall–Kier alpha value is -2.28. The summed E-state index contributed by atoms with van der Waals surface area (Å²) in [7, 11) is -3.63. The van der Waals surface area contributed by atoms with Gasteiger partial charge in [0.25, 0.3) is 10.0 Å². The molecule has 94 valence electrons. The smallest absolute Gasteiger partial charge is 0.261 e. The van der Waals surface area contributed by atoms with Crippen molar-refractivity contribution in [3.63, 3.8) is 0 Å². The van der Waals surface area contributed by atoms with Crippen molar-refractivity contribution in [2.45, 2.75) is 4.90 Å². The van der Waals surface area contributed by atoms with Crippen LogP contribution in [0.25, 0.3) is 0 Å². The monoisotopic (exact) mass is 264 g/mol. The number of hydrogen-bond acceptors (Lipinski definition) is 5. The quantitative estimate of drug-likeness (QED) is 0.717. The van der Waals surface area contributed by atoms with Crippen LogP contribution in [-0.4, -0.2) is 13.4 Å². The summed E-state index contributed by atoms with van der Waals surface area (Å²) in [5, 5.41) is 0. The maximum Gasteiger partial charge on any atom is 0.261 e. The van der Waals surface area contributed by atoms with Crippen molar-refractivity contribution >= 4 is 27.2 Å². The number of nitrogens with one attached hydrogen (secondary N) is 1. The van der Waals surface area contributed by atoms with Crippen LogP contribution in [0.15, 0.2) is 47.5 Å². The number of pyridine rings is 1. The highest BCUT2D eigenvalue weighted by atomic mass is 32.2. The summed E-state index contributed by atoms with van der Waals surface area (Å²) >= 11 is 0. The van der Waals surface area contributed by atoms with E-state index >= 15 is 0 Å². The largest absolute Gasteiger partial charge is 0.399 e. The average Bonchev–Trinajstić information content (AvgIpc) is 2.32. The van der Waals surface area contributed by atoms with E-state index in [4.69, 9.17) is 11.5 Å². The summed E-state index contributed by atoms with van der Waals surface area (Å²) in [4.78, 5) is 3.93. The molecule has 5 N–H and O–H groups in total. The van der Waals surface area contributed by atoms with E-state index in [-0.39, 0.29) is 4.90 Å². The fourth-order valence-electron chi connectivity index (χ4n) is 1.33. The van der Waals surface area contributed by atoms with Crippen LogP contribution in [0.1, 0.15) is 0 Å². The summed E-state index contributed by atoms with van der Waals surface area (Å²) in [5.74, 6) is 0.324. The molecule has 0 amide bonds. The van der Waals surface area contributed by atoms with E-state index in [2.05, 4.69) is 9.71 Å². The van der Waals surface area contributed by atoms with Crippen molar-refractivity contribution in [1.82, 2.24) is 4.98 Å². The van der Waals surface area contributed by atoms with Gasteiger partial charge in [0.2, 0.25) is 0 Å². The third-order valence-corrected chi connectivity index (χ3v) is 3.63. The van der Waals surface area contributed by atoms with Gasteiger partial charge in [-0.15, -0.1) is 0 Å². The van der Waals surface area contributed by atoms with Gasteiger partial charge in [-0.25, -0.2) is 13.4 Å². The second-order valence-corrected chi connectivity index (χ2v) is 5.33. The van der Waals surface area contributed by atoms with Crippen LogP contribution in [0, 0.1) is 0 Å². The van der Waals surface area contributed by atoms with Gasteiger partial charge in [0.1, 0.15) is 5.82 Å². The number of anilines is 3. The number of nitrogens with two attached hydrogens (primary N) is 2. The second-order valence-electron chi connectivity index (χ2n) is 3.65. The maximum atomic E-state index is 12.0. The molecule has 0 bridgehead atoms. The number of nitrogens with zero attached hydrogens (tertiary/aromatic N) is 1. The van der Waals surface area contributed by atoms with Crippen molar-refractivity contribution in [1.29, 1.82) is 0 Å². The highest BCUT2D eigenvalue weighted by molar-refractivity contribution is 7.92. The Balaban J connectivity index is 2.27. The molecule has 2 rings (SSSR count). The minimum atomic E-state index is -3.63. The van der Waals surface area contributed by atoms with E-state index < -0.39 is 10.0 Å². The predicted molar refractivity (Wildman–Crippen MR) is 70.3 cm³/mol. The summed E-state index contributed by atoms with van der Waals surface area (Å²) in [5.41, 5.74) is 11.8. The zero-order valence-electron chi connectivity index (χ0n) is 9.37. The van der Waals surface area contributed by atoms with Crippen molar-refractivity contribution in [3.8, 4) is 0 Å². The molecule has 1 aromatic carbocycles. The van der Waals surface area contributed by atoms with Crippen LogP contribution < -0.4 is 16.2 Å². The first-order valence-electron chi connectivity index (χ1n) is 5.07. The number of aromatic nitrogens is 1. The molecular weight excluding hydrogens is 252 g/mol. The Bertz CT molecular complexity index is 636. The van der Waals surface area contributed by atoms with Crippen molar-refractivity contribution in [2.24, 2.45) is 0 Å². The molecule has 6 nitrogen and oxygen atoms in total. The van der Waals surface area contributed by atoms with Gasteiger partial charge >= 0.3 is 0 Å². The first-order chi connectivity index (χ1) is 8.47. The molecule has 1 aromatic heterocycles. The lowest BCUT2D eigenvalue weighted by molar-refractivity contribution is 0.601. The topological polar surface area (TPSA) is 111 Å². The first kappa shape index (κ1) is 12.2. The molecule has 18 heavy (non-hydrogen) atoms. The SMILES string of the molecule is Nc1ccc(S(=O)(=O)Nc2ccc(N)nc2)cc1. The van der Waals surface area contributed by atoms with Gasteiger partial charge in [-0.3, -0.25) is 4.72 Å². The van der Waals surface area contributed by atoms with E-state index in [0.717, 1.165) is 0 Å². The summed E-state index contributed by atoms with van der Waals surface area (Å²) in [6.07, 6.45) is 1.35. The minimum absolute atomic E-state index is 0.133. The number of rotatable bonds is 3. The number of benzene rings is 1. The second kappa shape index (κ2) is 4.53. The summed E-state index contributed by atoms with van der Waals surface area (Å²) in [6.45, 7) is 0. The lowest BCUT2D eigenvalue weighted by Crippen LogP contribution is -2.13. The van der Waals surface area contributed by atoms with E-state index in [9.17, 15) is 8.42 Å². The van der Waals surface area contributed by atoms with Crippen LogP contribution in [0.4, 0.5) is 17.2 Å². The van der Waals surface area contributed by atoms with Crippen molar-refractivity contribution < 1.29 is 8.42 Å². The lowest BCUT2D eigenvalue weighted by Gasteiger charge is -2.07. The van der Waals surface area contributed by atoms with E-state index in [1.807, 2.05) is 0 Å². The zero-order chi connectivity index (χ0) is 13.2. The molecule has 0 aliphatic rings. The maximum absolute atomic E-state index is 12.0. The Morgan fingerprint density at radius 2 is 1.67 bits per heavy atom. The Morgan fingerprint density at radius 3 is 2.22 bits per heavy atom. The molecule has 0 fully saturated rings. The molecule has 2 aromatic rings. The Labute approximate surface area is 105 Å². The zero-order valence-corrected chi connectivity index (χ0v) is 10.2.